The Hall–Kier alpha value is -1.40. The van der Waals surface area contributed by atoms with E-state index in [9.17, 15) is 13.5 Å². The van der Waals surface area contributed by atoms with Gasteiger partial charge in [0.15, 0.2) is 9.84 Å². The number of halogens is 1. The van der Waals surface area contributed by atoms with E-state index in [0.717, 1.165) is 5.56 Å². The second-order valence-corrected chi connectivity index (χ2v) is 8.41. The van der Waals surface area contributed by atoms with Gasteiger partial charge in [-0.05, 0) is 29.8 Å². The lowest BCUT2D eigenvalue weighted by Crippen LogP contribution is -2.27. The van der Waals surface area contributed by atoms with Crippen LogP contribution in [0.2, 0.25) is 5.02 Å². The second-order valence-electron chi connectivity index (χ2n) is 5.90. The molecule has 122 valence electrons. The Kier molecular flexibility index (Phi) is 4.23. The third-order valence-electron chi connectivity index (χ3n) is 4.69. The highest BCUT2D eigenvalue weighted by Crippen LogP contribution is 2.63. The molecule has 1 aliphatic carbocycles. The molecule has 2 aromatic rings. The van der Waals surface area contributed by atoms with E-state index < -0.39 is 20.5 Å². The van der Waals surface area contributed by atoms with E-state index in [1.54, 1.807) is 12.1 Å². The molecule has 23 heavy (non-hydrogen) atoms. The minimum atomic E-state index is -3.61. The van der Waals surface area contributed by atoms with E-state index in [-0.39, 0.29) is 24.0 Å². The standard InChI is InChI=1S/C17H18ClNO3S/c18-13-6-8-14(9-7-13)23(21,22)16-15(17(16,10-19)11-20)12-4-2-1-3-5-12/h1-9,15-16,20H,10-11,19H2/t15-,16+,17+/m1/s1. The summed E-state index contributed by atoms with van der Waals surface area (Å²) in [7, 11) is -3.61. The lowest BCUT2D eigenvalue weighted by atomic mass is 10.0. The summed E-state index contributed by atoms with van der Waals surface area (Å²) in [6, 6.07) is 15.4. The Labute approximate surface area is 140 Å². The quantitative estimate of drug-likeness (QED) is 0.865. The fourth-order valence-electron chi connectivity index (χ4n) is 3.38. The summed E-state index contributed by atoms with van der Waals surface area (Å²) < 4.78 is 26.0. The van der Waals surface area contributed by atoms with Gasteiger partial charge >= 0.3 is 0 Å². The molecular formula is C17H18ClNO3S. The van der Waals surface area contributed by atoms with Crippen LogP contribution in [0.15, 0.2) is 59.5 Å². The highest BCUT2D eigenvalue weighted by atomic mass is 35.5. The first-order chi connectivity index (χ1) is 11.0. The van der Waals surface area contributed by atoms with Crippen LogP contribution in [0.4, 0.5) is 0 Å². The molecule has 3 rings (SSSR count). The Morgan fingerprint density at radius 2 is 1.70 bits per heavy atom. The minimum Gasteiger partial charge on any atom is -0.396 e. The molecule has 0 saturated heterocycles. The Morgan fingerprint density at radius 1 is 1.09 bits per heavy atom. The Morgan fingerprint density at radius 3 is 2.22 bits per heavy atom. The summed E-state index contributed by atoms with van der Waals surface area (Å²) >= 11 is 5.84. The lowest BCUT2D eigenvalue weighted by Gasteiger charge is -2.12. The maximum Gasteiger partial charge on any atom is 0.182 e. The van der Waals surface area contributed by atoms with E-state index in [2.05, 4.69) is 0 Å². The van der Waals surface area contributed by atoms with Gasteiger partial charge in [-0.3, -0.25) is 0 Å². The summed E-state index contributed by atoms with van der Waals surface area (Å²) in [5, 5.41) is 9.60. The molecule has 0 spiro atoms. The van der Waals surface area contributed by atoms with Crippen molar-refractivity contribution in [2.45, 2.75) is 16.1 Å². The molecule has 0 bridgehead atoms. The number of rotatable bonds is 5. The fourth-order valence-corrected chi connectivity index (χ4v) is 5.95. The summed E-state index contributed by atoms with van der Waals surface area (Å²) in [5.41, 5.74) is 5.90. The number of hydrogen-bond donors (Lipinski definition) is 2. The summed E-state index contributed by atoms with van der Waals surface area (Å²) in [5.74, 6) is -0.306. The van der Waals surface area contributed by atoms with Gasteiger partial charge in [-0.25, -0.2) is 8.42 Å². The van der Waals surface area contributed by atoms with E-state index in [4.69, 9.17) is 17.3 Å². The van der Waals surface area contributed by atoms with Gasteiger partial charge in [0.05, 0.1) is 16.8 Å². The van der Waals surface area contributed by atoms with Crippen molar-refractivity contribution in [1.29, 1.82) is 0 Å². The fraction of sp³-hybridized carbons (Fsp3) is 0.294. The highest BCUT2D eigenvalue weighted by molar-refractivity contribution is 7.92. The van der Waals surface area contributed by atoms with E-state index >= 15 is 0 Å². The van der Waals surface area contributed by atoms with Gasteiger partial charge in [-0.15, -0.1) is 0 Å². The van der Waals surface area contributed by atoms with Gasteiger partial charge in [0, 0.05) is 22.9 Å². The topological polar surface area (TPSA) is 80.4 Å². The molecule has 1 aliphatic rings. The predicted octanol–water partition coefficient (Wildman–Crippen LogP) is 2.22. The summed E-state index contributed by atoms with van der Waals surface area (Å²) in [4.78, 5) is 0.205. The van der Waals surface area contributed by atoms with Crippen molar-refractivity contribution in [3.8, 4) is 0 Å². The van der Waals surface area contributed by atoms with Crippen LogP contribution in [0.3, 0.4) is 0 Å². The van der Waals surface area contributed by atoms with Crippen LogP contribution in [0.1, 0.15) is 11.5 Å². The first kappa shape index (κ1) is 16.5. The first-order valence-corrected chi connectivity index (χ1v) is 9.25. The average Bonchev–Trinajstić information content (AvgIpc) is 3.27. The molecule has 0 aromatic heterocycles. The number of hydrogen-bond acceptors (Lipinski definition) is 4. The first-order valence-electron chi connectivity index (χ1n) is 7.33. The molecule has 4 nitrogen and oxygen atoms in total. The maximum absolute atomic E-state index is 13.0. The van der Waals surface area contributed by atoms with E-state index in [1.165, 1.54) is 12.1 Å². The molecule has 0 unspecified atom stereocenters. The van der Waals surface area contributed by atoms with Crippen LogP contribution in [-0.4, -0.2) is 31.9 Å². The molecule has 0 amide bonds. The Bertz CT molecular complexity index is 786. The number of sulfone groups is 1. The van der Waals surface area contributed by atoms with Crippen LogP contribution in [0, 0.1) is 5.41 Å². The normalized spacial score (nSPS) is 26.9. The van der Waals surface area contributed by atoms with Crippen molar-refractivity contribution in [3.05, 3.63) is 65.2 Å². The number of aliphatic hydroxyl groups is 1. The molecule has 0 aliphatic heterocycles. The van der Waals surface area contributed by atoms with E-state index in [1.807, 2.05) is 30.3 Å². The van der Waals surface area contributed by atoms with Gasteiger partial charge in [0.2, 0.25) is 0 Å². The van der Waals surface area contributed by atoms with Crippen LogP contribution in [0.25, 0.3) is 0 Å². The van der Waals surface area contributed by atoms with Crippen LogP contribution in [-0.2, 0) is 9.84 Å². The summed E-state index contributed by atoms with van der Waals surface area (Å²) in [6.45, 7) is -0.152. The largest absolute Gasteiger partial charge is 0.396 e. The van der Waals surface area contributed by atoms with Crippen molar-refractivity contribution in [2.75, 3.05) is 13.2 Å². The molecule has 6 heteroatoms. The van der Waals surface area contributed by atoms with E-state index in [0.29, 0.717) is 5.02 Å². The Balaban J connectivity index is 2.05. The monoisotopic (exact) mass is 351 g/mol. The third-order valence-corrected chi connectivity index (χ3v) is 7.28. The molecule has 2 aromatic carbocycles. The highest BCUT2D eigenvalue weighted by Gasteiger charge is 2.70. The minimum absolute atomic E-state index is 0.112. The zero-order chi connectivity index (χ0) is 16.7. The van der Waals surface area contributed by atoms with Gasteiger partial charge in [0.1, 0.15) is 0 Å². The van der Waals surface area contributed by atoms with Crippen molar-refractivity contribution < 1.29 is 13.5 Å². The zero-order valence-corrected chi connectivity index (χ0v) is 14.0. The van der Waals surface area contributed by atoms with Crippen molar-refractivity contribution in [3.63, 3.8) is 0 Å². The molecule has 1 saturated carbocycles. The lowest BCUT2D eigenvalue weighted by molar-refractivity contribution is 0.212. The van der Waals surface area contributed by atoms with Gasteiger partial charge in [0.25, 0.3) is 0 Å². The van der Waals surface area contributed by atoms with Crippen LogP contribution in [0.5, 0.6) is 0 Å². The van der Waals surface area contributed by atoms with Crippen molar-refractivity contribution in [1.82, 2.24) is 0 Å². The maximum atomic E-state index is 13.0. The molecule has 3 atom stereocenters. The molecule has 1 fully saturated rings. The number of aliphatic hydroxyl groups excluding tert-OH is 1. The third kappa shape index (κ3) is 2.58. The second kappa shape index (κ2) is 5.91. The van der Waals surface area contributed by atoms with Gasteiger partial charge < -0.3 is 10.8 Å². The molecule has 0 heterocycles. The summed E-state index contributed by atoms with van der Waals surface area (Å²) in [6.07, 6.45) is 0. The molecule has 0 radical (unpaired) electrons. The SMILES string of the molecule is NC[C@]1(CO)[C@H](c2ccccc2)[C@@H]1S(=O)(=O)c1ccc(Cl)cc1. The number of benzene rings is 2. The van der Waals surface area contributed by atoms with Crippen molar-refractivity contribution >= 4 is 21.4 Å². The average molecular weight is 352 g/mol. The van der Waals surface area contributed by atoms with Gasteiger partial charge in [-0.2, -0.15) is 0 Å². The van der Waals surface area contributed by atoms with Crippen LogP contribution >= 0.6 is 11.6 Å². The predicted molar refractivity (Wildman–Crippen MR) is 90.2 cm³/mol. The zero-order valence-electron chi connectivity index (χ0n) is 12.4. The number of nitrogens with two attached hydrogens (primary N) is 1. The smallest absolute Gasteiger partial charge is 0.182 e. The van der Waals surface area contributed by atoms with Crippen LogP contribution < -0.4 is 5.73 Å². The van der Waals surface area contributed by atoms with Crippen molar-refractivity contribution in [2.24, 2.45) is 11.1 Å². The molecular weight excluding hydrogens is 334 g/mol. The van der Waals surface area contributed by atoms with Gasteiger partial charge in [-0.1, -0.05) is 41.9 Å². The molecule has 3 N–H and O–H groups in total.